The maximum Gasteiger partial charge on any atom is 0.116 e. The molecule has 41 heavy (non-hydrogen) atoms. The number of para-hydroxylation sites is 1. The van der Waals surface area contributed by atoms with Crippen LogP contribution in [0.1, 0.15) is 50.7 Å². The number of benzene rings is 5. The molecule has 0 radical (unpaired) electrons. The number of hydrogen-bond donors (Lipinski definition) is 0. The molecule has 0 saturated carbocycles. The average Bonchev–Trinajstić information content (AvgIpc) is 3.02. The highest BCUT2D eigenvalue weighted by Crippen LogP contribution is 2.58. The lowest BCUT2D eigenvalue weighted by Gasteiger charge is -2.27. The topological polar surface area (TPSA) is 23.1 Å². The van der Waals surface area contributed by atoms with Gasteiger partial charge in [0.1, 0.15) is 23.2 Å². The van der Waals surface area contributed by atoms with Crippen LogP contribution < -0.4 is 21.0 Å². The quantitative estimate of drug-likeness (QED) is 0.117. The number of aryl methyl sites for hydroxylation is 1. The number of hydrogen-bond acceptors (Lipinski definition) is 1. The van der Waals surface area contributed by atoms with E-state index in [1.807, 2.05) is 18.2 Å². The molecule has 210 valence electrons. The smallest absolute Gasteiger partial charge is 0.116 e. The summed E-state index contributed by atoms with van der Waals surface area (Å²) in [6, 6.07) is 51.4. The molecule has 0 spiro atoms. The molecule has 0 aliphatic heterocycles. The summed E-state index contributed by atoms with van der Waals surface area (Å²) in [6.07, 6.45) is 6.96. The summed E-state index contributed by atoms with van der Waals surface area (Å²) in [5.74, 6) is 0.998. The maximum absolute atomic E-state index is 11.4. The van der Waals surface area contributed by atoms with Crippen LogP contribution in [0.2, 0.25) is 0 Å². The van der Waals surface area contributed by atoms with Crippen molar-refractivity contribution in [1.29, 1.82) is 0 Å². The SMILES string of the molecule is CC(C)CCCCCc1ccccc1[O-].c1ccc(C[P+](c2ccccc2)(c2ccccc2)c2ccccc2)cc1. The molecule has 2 heteroatoms. The molecule has 0 aromatic heterocycles. The molecule has 0 heterocycles. The van der Waals surface area contributed by atoms with Crippen molar-refractivity contribution in [1.82, 2.24) is 0 Å². The predicted octanol–water partition coefficient (Wildman–Crippen LogP) is 8.70. The van der Waals surface area contributed by atoms with Crippen LogP contribution in [-0.2, 0) is 12.6 Å². The molecule has 5 aromatic carbocycles. The highest BCUT2D eigenvalue weighted by Gasteiger charge is 2.45. The Morgan fingerprint density at radius 3 is 1.41 bits per heavy atom. The summed E-state index contributed by atoms with van der Waals surface area (Å²) >= 11 is 0. The molecule has 0 unspecified atom stereocenters. The second kappa shape index (κ2) is 15.9. The number of unbranched alkanes of at least 4 members (excludes halogenated alkanes) is 2. The van der Waals surface area contributed by atoms with E-state index >= 15 is 0 Å². The predicted molar refractivity (Wildman–Crippen MR) is 178 cm³/mol. The fraction of sp³-hybridized carbons (Fsp3) is 0.231. The number of rotatable bonds is 11. The first-order chi connectivity index (χ1) is 20.1. The van der Waals surface area contributed by atoms with Crippen LogP contribution in [0.15, 0.2) is 146 Å². The standard InChI is InChI=1S/C25H22P.C14H22O/c1-5-13-22(14-6-1)21-26(23-15-7-2-8-16-23,24-17-9-3-10-18-24)25-19-11-4-12-20-25;1-12(2)8-4-3-5-9-13-10-6-7-11-14(13)15/h1-20H,21H2;6-7,10-12,15H,3-5,8-9H2,1-2H3/q+1;/p-1. The lowest BCUT2D eigenvalue weighted by atomic mass is 10.0. The van der Waals surface area contributed by atoms with Crippen molar-refractivity contribution >= 4 is 23.2 Å². The van der Waals surface area contributed by atoms with E-state index in [4.69, 9.17) is 0 Å². The Morgan fingerprint density at radius 2 is 0.951 bits per heavy atom. The van der Waals surface area contributed by atoms with Gasteiger partial charge in [0.2, 0.25) is 0 Å². The van der Waals surface area contributed by atoms with Gasteiger partial charge in [-0.25, -0.2) is 0 Å². The second-order valence-corrected chi connectivity index (χ2v) is 14.5. The summed E-state index contributed by atoms with van der Waals surface area (Å²) in [5.41, 5.74) is 2.36. The lowest BCUT2D eigenvalue weighted by molar-refractivity contribution is -0.269. The Bertz CT molecular complexity index is 1300. The molecule has 1 nitrogen and oxygen atoms in total. The van der Waals surface area contributed by atoms with Crippen LogP contribution in [0.25, 0.3) is 0 Å². The summed E-state index contributed by atoms with van der Waals surface area (Å²) in [4.78, 5) is 0. The fourth-order valence-corrected chi connectivity index (χ4v) is 9.62. The Morgan fingerprint density at radius 1 is 0.512 bits per heavy atom. The van der Waals surface area contributed by atoms with Gasteiger partial charge in [-0.3, -0.25) is 0 Å². The van der Waals surface area contributed by atoms with Crippen molar-refractivity contribution in [2.45, 2.75) is 52.1 Å². The van der Waals surface area contributed by atoms with E-state index in [1.54, 1.807) is 6.07 Å². The molecule has 0 fully saturated rings. The van der Waals surface area contributed by atoms with Gasteiger partial charge in [-0.2, -0.15) is 0 Å². The minimum absolute atomic E-state index is 0.196. The molecule has 5 rings (SSSR count). The second-order valence-electron chi connectivity index (χ2n) is 11.1. The summed E-state index contributed by atoms with van der Waals surface area (Å²) in [7, 11) is -1.78. The van der Waals surface area contributed by atoms with Gasteiger partial charge in [0, 0.05) is 0 Å². The summed E-state index contributed by atoms with van der Waals surface area (Å²) in [5, 5.41) is 15.7. The lowest BCUT2D eigenvalue weighted by Crippen LogP contribution is -2.32. The van der Waals surface area contributed by atoms with Gasteiger partial charge >= 0.3 is 0 Å². The van der Waals surface area contributed by atoms with E-state index in [2.05, 4.69) is 135 Å². The molecule has 0 saturated heterocycles. The summed E-state index contributed by atoms with van der Waals surface area (Å²) in [6.45, 7) is 4.51. The molecule has 0 N–H and O–H groups in total. The van der Waals surface area contributed by atoms with Crippen molar-refractivity contribution in [2.24, 2.45) is 5.92 Å². The monoisotopic (exact) mass is 558 g/mol. The minimum atomic E-state index is -1.78. The largest absolute Gasteiger partial charge is 0.872 e. The Labute approximate surface area is 248 Å². The van der Waals surface area contributed by atoms with Gasteiger partial charge in [-0.1, -0.05) is 148 Å². The van der Waals surface area contributed by atoms with Crippen molar-refractivity contribution in [3.05, 3.63) is 157 Å². The normalized spacial score (nSPS) is 11.1. The van der Waals surface area contributed by atoms with Gasteiger partial charge in [0.15, 0.2) is 0 Å². The Hall–Kier alpha value is -3.67. The molecular formula is C39H43OP. The zero-order valence-electron chi connectivity index (χ0n) is 24.5. The van der Waals surface area contributed by atoms with Gasteiger partial charge in [0.05, 0.1) is 6.16 Å². The van der Waals surface area contributed by atoms with Gasteiger partial charge in [-0.05, 0) is 60.7 Å². The molecule has 0 amide bonds. The van der Waals surface area contributed by atoms with Gasteiger partial charge in [-0.15, -0.1) is 5.75 Å². The Kier molecular flexibility index (Phi) is 11.8. The van der Waals surface area contributed by atoms with Crippen molar-refractivity contribution in [2.75, 3.05) is 0 Å². The van der Waals surface area contributed by atoms with Crippen LogP contribution in [0, 0.1) is 5.92 Å². The van der Waals surface area contributed by atoms with Crippen LogP contribution in [-0.4, -0.2) is 0 Å². The van der Waals surface area contributed by atoms with E-state index in [0.717, 1.165) is 30.5 Å². The van der Waals surface area contributed by atoms with E-state index in [1.165, 1.54) is 40.7 Å². The highest BCUT2D eigenvalue weighted by molar-refractivity contribution is 7.95. The third-order valence-electron chi connectivity index (χ3n) is 7.55. The van der Waals surface area contributed by atoms with Crippen LogP contribution in [0.3, 0.4) is 0 Å². The zero-order valence-corrected chi connectivity index (χ0v) is 25.4. The highest BCUT2D eigenvalue weighted by atomic mass is 31.2. The van der Waals surface area contributed by atoms with E-state index in [9.17, 15) is 5.11 Å². The van der Waals surface area contributed by atoms with E-state index in [0.29, 0.717) is 0 Å². The van der Waals surface area contributed by atoms with Crippen molar-refractivity contribution < 1.29 is 5.11 Å². The first-order valence-corrected chi connectivity index (χ1v) is 16.9. The van der Waals surface area contributed by atoms with Crippen LogP contribution in [0.4, 0.5) is 0 Å². The first kappa shape index (κ1) is 30.3. The molecule has 0 aliphatic rings. The third-order valence-corrected chi connectivity index (χ3v) is 11.9. The van der Waals surface area contributed by atoms with Crippen molar-refractivity contribution in [3.63, 3.8) is 0 Å². The van der Waals surface area contributed by atoms with Crippen molar-refractivity contribution in [3.8, 4) is 5.75 Å². The summed E-state index contributed by atoms with van der Waals surface area (Å²) < 4.78 is 0. The third kappa shape index (κ3) is 8.66. The molecule has 5 aromatic rings. The molecule has 0 atom stereocenters. The maximum atomic E-state index is 11.4. The molecule has 0 bridgehead atoms. The molecule has 0 aliphatic carbocycles. The first-order valence-electron chi connectivity index (χ1n) is 14.9. The minimum Gasteiger partial charge on any atom is -0.872 e. The fourth-order valence-electron chi connectivity index (χ4n) is 5.38. The van der Waals surface area contributed by atoms with Crippen LogP contribution in [0.5, 0.6) is 5.75 Å². The molecular weight excluding hydrogens is 515 g/mol. The van der Waals surface area contributed by atoms with Gasteiger partial charge in [0.25, 0.3) is 0 Å². The van der Waals surface area contributed by atoms with Gasteiger partial charge < -0.3 is 5.11 Å². The van der Waals surface area contributed by atoms with E-state index in [-0.39, 0.29) is 5.75 Å². The Balaban J connectivity index is 0.000000221. The zero-order chi connectivity index (χ0) is 28.8. The van der Waals surface area contributed by atoms with E-state index < -0.39 is 7.26 Å². The average molecular weight is 559 g/mol. The van der Waals surface area contributed by atoms with Crippen LogP contribution >= 0.6 is 7.26 Å².